The fourth-order valence-corrected chi connectivity index (χ4v) is 5.85. The van der Waals surface area contributed by atoms with E-state index in [1.54, 1.807) is 42.5 Å². The first kappa shape index (κ1) is 22.9. The molecular weight excluding hydrogens is 465 g/mol. The van der Waals surface area contributed by atoms with Crippen molar-refractivity contribution in [3.8, 4) is 11.5 Å². The fraction of sp³-hybridized carbons (Fsp3) is 0.125. The minimum atomic E-state index is -3.75. The predicted octanol–water partition coefficient (Wildman–Crippen LogP) is 4.90. The smallest absolute Gasteiger partial charge is 0.262 e. The second-order valence-electron chi connectivity index (χ2n) is 7.17. The number of halogens is 1. The van der Waals surface area contributed by atoms with Crippen LogP contribution in [0.15, 0.2) is 75.4 Å². The molecule has 33 heavy (non-hydrogen) atoms. The van der Waals surface area contributed by atoms with Gasteiger partial charge in [-0.2, -0.15) is 0 Å². The van der Waals surface area contributed by atoms with Crippen molar-refractivity contribution in [2.45, 2.75) is 15.5 Å². The zero-order valence-electron chi connectivity index (χ0n) is 17.8. The van der Waals surface area contributed by atoms with Crippen molar-refractivity contribution in [3.05, 3.63) is 82.5 Å². The molecule has 0 unspecified atom stereocenters. The maximum Gasteiger partial charge on any atom is 0.262 e. The normalized spacial score (nSPS) is 14.5. The lowest BCUT2D eigenvalue weighted by Crippen LogP contribution is -2.17. The Balaban J connectivity index is 1.66. The largest absolute Gasteiger partial charge is 0.496 e. The summed E-state index contributed by atoms with van der Waals surface area (Å²) >= 11 is 1.16. The Morgan fingerprint density at radius 2 is 1.67 bits per heavy atom. The number of thioether (sulfide) groups is 1. The van der Waals surface area contributed by atoms with Gasteiger partial charge in [-0.25, -0.2) is 12.8 Å². The first-order valence-electron chi connectivity index (χ1n) is 9.84. The molecule has 0 bridgehead atoms. The number of methoxy groups -OCH3 is 2. The van der Waals surface area contributed by atoms with E-state index in [0.29, 0.717) is 38.1 Å². The monoisotopic (exact) mass is 485 g/mol. The molecule has 1 aliphatic heterocycles. The fourth-order valence-electron chi connectivity index (χ4n) is 3.38. The molecule has 170 valence electrons. The highest BCUT2D eigenvalue weighted by atomic mass is 32.2. The molecule has 0 spiro atoms. The van der Waals surface area contributed by atoms with Gasteiger partial charge in [0.2, 0.25) is 0 Å². The second-order valence-corrected chi connectivity index (χ2v) is 10.2. The van der Waals surface area contributed by atoms with Gasteiger partial charge in [0, 0.05) is 4.90 Å². The molecule has 0 saturated heterocycles. The van der Waals surface area contributed by atoms with Gasteiger partial charge in [0.05, 0.1) is 41.0 Å². The Morgan fingerprint density at radius 3 is 2.30 bits per heavy atom. The highest BCUT2D eigenvalue weighted by molar-refractivity contribution is 8.04. The Kier molecular flexibility index (Phi) is 6.44. The maximum absolute atomic E-state index is 13.2. The number of carbonyl (C=O) groups excluding carboxylic acids is 1. The summed E-state index contributed by atoms with van der Waals surface area (Å²) in [5.74, 6) is -0.158. The molecule has 6 nitrogen and oxygen atoms in total. The first-order chi connectivity index (χ1) is 15.8. The average molecular weight is 486 g/mol. The third kappa shape index (κ3) is 4.89. The number of benzene rings is 3. The van der Waals surface area contributed by atoms with Gasteiger partial charge >= 0.3 is 0 Å². The summed E-state index contributed by atoms with van der Waals surface area (Å²) in [4.78, 5) is 13.5. The van der Waals surface area contributed by atoms with Gasteiger partial charge in [-0.15, -0.1) is 0 Å². The highest BCUT2D eigenvalue weighted by Gasteiger charge is 2.26. The molecule has 1 heterocycles. The summed E-state index contributed by atoms with van der Waals surface area (Å²) in [7, 11) is -0.813. The van der Waals surface area contributed by atoms with E-state index in [4.69, 9.17) is 9.47 Å². The number of anilines is 1. The van der Waals surface area contributed by atoms with Crippen molar-refractivity contribution in [2.24, 2.45) is 0 Å². The Labute approximate surface area is 195 Å². The lowest BCUT2D eigenvalue weighted by molar-refractivity contribution is -0.112. The highest BCUT2D eigenvalue weighted by Crippen LogP contribution is 2.41. The Hall–Kier alpha value is -3.30. The molecule has 3 aromatic rings. The molecule has 0 atom stereocenters. The van der Waals surface area contributed by atoms with Crippen LogP contribution in [-0.2, 0) is 20.4 Å². The number of hydrogen-bond donors (Lipinski definition) is 1. The molecule has 9 heteroatoms. The molecule has 0 aromatic heterocycles. The van der Waals surface area contributed by atoms with Crippen LogP contribution in [-0.4, -0.2) is 28.5 Å². The van der Waals surface area contributed by atoms with Gasteiger partial charge < -0.3 is 14.8 Å². The zero-order valence-corrected chi connectivity index (χ0v) is 19.4. The lowest BCUT2D eigenvalue weighted by atomic mass is 10.2. The van der Waals surface area contributed by atoms with E-state index in [0.717, 1.165) is 11.8 Å². The average Bonchev–Trinajstić information content (AvgIpc) is 2.80. The molecule has 0 radical (unpaired) electrons. The number of fused-ring (bicyclic) bond motifs is 1. The van der Waals surface area contributed by atoms with Crippen molar-refractivity contribution < 1.29 is 27.1 Å². The summed E-state index contributed by atoms with van der Waals surface area (Å²) in [6.45, 7) is 0. The van der Waals surface area contributed by atoms with Crippen LogP contribution in [0.2, 0.25) is 0 Å². The number of rotatable bonds is 6. The van der Waals surface area contributed by atoms with E-state index in [9.17, 15) is 17.6 Å². The van der Waals surface area contributed by atoms with Gasteiger partial charge in [0.1, 0.15) is 17.3 Å². The summed E-state index contributed by atoms with van der Waals surface area (Å²) in [5.41, 5.74) is 1.61. The molecule has 1 amide bonds. The number of ether oxygens (including phenoxy) is 2. The van der Waals surface area contributed by atoms with Gasteiger partial charge in [0.15, 0.2) is 9.84 Å². The van der Waals surface area contributed by atoms with Crippen molar-refractivity contribution in [1.29, 1.82) is 0 Å². The van der Waals surface area contributed by atoms with Crippen LogP contribution in [0.1, 0.15) is 11.1 Å². The number of amides is 1. The van der Waals surface area contributed by atoms with Gasteiger partial charge in [-0.1, -0.05) is 30.0 Å². The number of hydrogen-bond acceptors (Lipinski definition) is 6. The quantitative estimate of drug-likeness (QED) is 0.500. The molecular formula is C24H20FNO5S2. The van der Waals surface area contributed by atoms with Crippen LogP contribution in [0.3, 0.4) is 0 Å². The summed E-state index contributed by atoms with van der Waals surface area (Å²) in [6, 6.07) is 15.4. The third-order valence-electron chi connectivity index (χ3n) is 5.04. The topological polar surface area (TPSA) is 81.7 Å². The number of carbonyl (C=O) groups is 1. The maximum atomic E-state index is 13.2. The van der Waals surface area contributed by atoms with Crippen molar-refractivity contribution >= 4 is 39.3 Å². The Bertz CT molecular complexity index is 1330. The van der Waals surface area contributed by atoms with Crippen LogP contribution >= 0.6 is 11.8 Å². The third-order valence-corrected chi connectivity index (χ3v) is 7.76. The minimum absolute atomic E-state index is 0.110. The van der Waals surface area contributed by atoms with Crippen molar-refractivity contribution in [3.63, 3.8) is 0 Å². The first-order valence-corrected chi connectivity index (χ1v) is 12.3. The molecule has 0 fully saturated rings. The van der Waals surface area contributed by atoms with E-state index in [1.165, 1.54) is 38.5 Å². The van der Waals surface area contributed by atoms with Gasteiger partial charge in [-0.05, 0) is 54.1 Å². The molecule has 1 N–H and O–H groups in total. The van der Waals surface area contributed by atoms with E-state index in [1.807, 2.05) is 0 Å². The molecule has 4 rings (SSSR count). The number of nitrogens with one attached hydrogen (secondary N) is 1. The van der Waals surface area contributed by atoms with Crippen molar-refractivity contribution in [1.82, 2.24) is 0 Å². The van der Waals surface area contributed by atoms with Gasteiger partial charge in [0.25, 0.3) is 5.91 Å². The van der Waals surface area contributed by atoms with E-state index in [-0.39, 0.29) is 22.4 Å². The summed E-state index contributed by atoms with van der Waals surface area (Å²) in [6.07, 6.45) is 1.63. The van der Waals surface area contributed by atoms with E-state index >= 15 is 0 Å². The zero-order chi connectivity index (χ0) is 23.6. The second kappa shape index (κ2) is 9.29. The van der Waals surface area contributed by atoms with Crippen molar-refractivity contribution in [2.75, 3.05) is 19.5 Å². The standard InChI is InChI=1S/C24H20FNO5S2/c1-30-20-4-3-5-21(31-2)18(20)14-33(28,29)17-10-11-19-22(13-17)32-23(24(27)26-19)12-15-6-8-16(25)9-7-15/h3-13H,14H2,1-2H3,(H,26,27). The minimum Gasteiger partial charge on any atom is -0.496 e. The number of sulfone groups is 1. The lowest BCUT2D eigenvalue weighted by Gasteiger charge is -2.20. The molecule has 0 saturated carbocycles. The summed E-state index contributed by atoms with van der Waals surface area (Å²) < 4.78 is 50.3. The van der Waals surface area contributed by atoms with Crippen LogP contribution < -0.4 is 14.8 Å². The van der Waals surface area contributed by atoms with E-state index < -0.39 is 9.84 Å². The SMILES string of the molecule is COc1cccc(OC)c1CS(=O)(=O)c1ccc2c(c1)SC(=Cc1ccc(F)cc1)C(=O)N2. The van der Waals surface area contributed by atoms with Crippen LogP contribution in [0.25, 0.3) is 6.08 Å². The molecule has 1 aliphatic rings. The van der Waals surface area contributed by atoms with Gasteiger partial charge in [-0.3, -0.25) is 4.79 Å². The molecule has 3 aromatic carbocycles. The molecule has 0 aliphatic carbocycles. The van der Waals surface area contributed by atoms with E-state index in [2.05, 4.69) is 5.32 Å². The predicted molar refractivity (Wildman–Crippen MR) is 126 cm³/mol. The van der Waals surface area contributed by atoms with Crippen LogP contribution in [0.5, 0.6) is 11.5 Å². The summed E-state index contributed by atoms with van der Waals surface area (Å²) in [5, 5.41) is 2.77. The van der Waals surface area contributed by atoms with Crippen LogP contribution in [0.4, 0.5) is 10.1 Å². The van der Waals surface area contributed by atoms with Crippen LogP contribution in [0, 0.1) is 5.82 Å². The Morgan fingerprint density at radius 1 is 1.00 bits per heavy atom.